The molecule has 198 valence electrons. The molecule has 0 heterocycles. The summed E-state index contributed by atoms with van der Waals surface area (Å²) < 4.78 is 6.06. The van der Waals surface area contributed by atoms with Crippen LogP contribution in [0.4, 0.5) is 0 Å². The van der Waals surface area contributed by atoms with E-state index in [-0.39, 0.29) is 15.6 Å². The molecule has 0 atom stereocenters. The zero-order valence-electron chi connectivity index (χ0n) is 24.0. The Kier molecular flexibility index (Phi) is 48.4. The SMILES string of the molecule is CCP(CC)CC.CCP(CC)CC.CCP(CC)CC.[CH3][AlH][O][AlH2].[Cl][V]([Cl])[C]1=CC=CC1. The van der Waals surface area contributed by atoms with E-state index in [0.717, 1.165) is 23.0 Å². The van der Waals surface area contributed by atoms with Gasteiger partial charge in [0.1, 0.15) is 0 Å². The minimum absolute atomic E-state index is 0.0139. The van der Waals surface area contributed by atoms with Crippen LogP contribution in [0.2, 0.25) is 5.79 Å². The average Bonchev–Trinajstić information content (AvgIpc) is 3.40. The predicted octanol–water partition coefficient (Wildman–Crippen LogP) is 9.29. The van der Waals surface area contributed by atoms with Gasteiger partial charge in [0.15, 0.2) is 0 Å². The van der Waals surface area contributed by atoms with E-state index < -0.39 is 13.2 Å². The summed E-state index contributed by atoms with van der Waals surface area (Å²) in [5.41, 5.74) is 0. The van der Waals surface area contributed by atoms with Gasteiger partial charge in [-0.25, -0.2) is 0 Å². The maximum atomic E-state index is 5.69. The molecule has 0 aromatic rings. The van der Waals surface area contributed by atoms with E-state index in [0.29, 0.717) is 23.8 Å². The van der Waals surface area contributed by atoms with Crippen LogP contribution in [0.5, 0.6) is 0 Å². The van der Waals surface area contributed by atoms with E-state index in [1.807, 2.05) is 12.2 Å². The number of hydrogen-bond donors (Lipinski definition) is 0. The normalized spacial score (nSPS) is 11.6. The molecule has 1 aliphatic rings. The minimum atomic E-state index is -1.54. The molecule has 0 radical (unpaired) electrons. The molecular formula is C24H56Al2Cl2OP3V. The van der Waals surface area contributed by atoms with Crippen molar-refractivity contribution < 1.29 is 16.1 Å². The van der Waals surface area contributed by atoms with E-state index in [1.165, 1.54) is 59.7 Å². The predicted molar refractivity (Wildman–Crippen MR) is 172 cm³/mol. The fraction of sp³-hybridized carbons (Fsp3) is 0.833. The van der Waals surface area contributed by atoms with Crippen molar-refractivity contribution in [2.45, 2.75) is 74.5 Å². The van der Waals surface area contributed by atoms with Gasteiger partial charge in [-0.15, -0.1) is 23.8 Å². The second-order valence-corrected chi connectivity index (χ2v) is 24.7. The molecule has 0 aromatic heterocycles. The molecule has 0 aliphatic heterocycles. The Morgan fingerprint density at radius 3 is 1.09 bits per heavy atom. The van der Waals surface area contributed by atoms with Crippen molar-refractivity contribution in [1.82, 2.24) is 0 Å². The fourth-order valence-electron chi connectivity index (χ4n) is 2.57. The average molecular weight is 629 g/mol. The standard InChI is InChI=1S/3C6H15P.C5H5.CH3.2Al.2ClH.O.V.3H/c3*1-4-7(5-2)6-3;1-2-4-5-3-1;;;;;;;;;;/h3*4-6H2,1-3H3;1-3H,4H2;1H3;;;2*1H;;;;;/q;;;;;;;;;;+2;;;/p-2. The van der Waals surface area contributed by atoms with Crippen LogP contribution in [0.3, 0.4) is 0 Å². The van der Waals surface area contributed by atoms with E-state index in [9.17, 15) is 0 Å². The van der Waals surface area contributed by atoms with E-state index in [4.69, 9.17) is 22.5 Å². The second-order valence-electron chi connectivity index (χ2n) is 6.96. The van der Waals surface area contributed by atoms with E-state index >= 15 is 0 Å². The zero-order chi connectivity index (χ0) is 26.5. The van der Waals surface area contributed by atoms with Gasteiger partial charge in [-0.05, 0) is 55.5 Å². The molecule has 1 aliphatic carbocycles. The van der Waals surface area contributed by atoms with Crippen molar-refractivity contribution in [2.75, 3.05) is 55.5 Å². The Balaban J connectivity index is -0.000000162. The van der Waals surface area contributed by atoms with Crippen LogP contribution in [0.1, 0.15) is 68.7 Å². The summed E-state index contributed by atoms with van der Waals surface area (Å²) in [4.78, 5) is 0. The van der Waals surface area contributed by atoms with Gasteiger partial charge in [0, 0.05) is 0 Å². The van der Waals surface area contributed by atoms with Gasteiger partial charge < -0.3 is 2.84 Å². The van der Waals surface area contributed by atoms with Crippen molar-refractivity contribution in [1.29, 1.82) is 0 Å². The van der Waals surface area contributed by atoms with Gasteiger partial charge in [-0.3, -0.25) is 0 Å². The van der Waals surface area contributed by atoms with Crippen LogP contribution >= 0.6 is 43.5 Å². The number of allylic oxidation sites excluding steroid dienone is 4. The molecule has 0 saturated heterocycles. The van der Waals surface area contributed by atoms with Crippen molar-refractivity contribution in [3.05, 3.63) is 22.5 Å². The van der Waals surface area contributed by atoms with E-state index in [2.05, 4.69) is 74.2 Å². The Bertz CT molecular complexity index is 362. The van der Waals surface area contributed by atoms with Crippen molar-refractivity contribution in [3.8, 4) is 0 Å². The van der Waals surface area contributed by atoms with Gasteiger partial charge in [-0.1, -0.05) is 68.1 Å². The molecule has 0 bridgehead atoms. The molecule has 0 amide bonds. The molecule has 1 nitrogen and oxygen atoms in total. The van der Waals surface area contributed by atoms with Crippen LogP contribution in [0.25, 0.3) is 0 Å². The van der Waals surface area contributed by atoms with Crippen molar-refractivity contribution in [2.24, 2.45) is 0 Å². The molecule has 9 heteroatoms. The van der Waals surface area contributed by atoms with Gasteiger partial charge in [0.25, 0.3) is 0 Å². The zero-order valence-corrected chi connectivity index (χ0v) is 33.0. The van der Waals surface area contributed by atoms with Gasteiger partial charge in [-0.2, -0.15) is 0 Å². The first kappa shape index (κ1) is 43.0. The molecule has 33 heavy (non-hydrogen) atoms. The number of halogens is 2. The molecule has 0 saturated carbocycles. The summed E-state index contributed by atoms with van der Waals surface area (Å²) in [6.45, 7) is 20.6. The molecule has 0 aromatic carbocycles. The molecule has 1 rings (SSSR count). The number of hydrogen-bond acceptors (Lipinski definition) is 1. The summed E-state index contributed by atoms with van der Waals surface area (Å²) in [6.07, 6.45) is 19.8. The van der Waals surface area contributed by atoms with Crippen LogP contribution in [-0.2, 0) is 16.1 Å². The second kappa shape index (κ2) is 37.1. The molecule has 0 N–H and O–H groups in total. The summed E-state index contributed by atoms with van der Waals surface area (Å²) in [6, 6.07) is 0. The molecular weight excluding hydrogens is 573 g/mol. The topological polar surface area (TPSA) is 9.23 Å². The Morgan fingerprint density at radius 1 is 0.758 bits per heavy atom. The monoisotopic (exact) mass is 628 g/mol. The Morgan fingerprint density at radius 2 is 1.03 bits per heavy atom. The summed E-state index contributed by atoms with van der Waals surface area (Å²) >= 11 is -0.601. The summed E-state index contributed by atoms with van der Waals surface area (Å²) in [5, 5.41) is 0. The fourth-order valence-corrected chi connectivity index (χ4v) is 8.32. The van der Waals surface area contributed by atoms with Crippen molar-refractivity contribution >= 4 is 75.6 Å². The maximum absolute atomic E-state index is 5.69. The van der Waals surface area contributed by atoms with E-state index in [1.54, 1.807) is 0 Å². The third-order valence-corrected chi connectivity index (χ3v) is 18.6. The molecule has 0 unspecified atom stereocenters. The third-order valence-electron chi connectivity index (χ3n) is 5.28. The first-order chi connectivity index (χ1) is 15.8. The van der Waals surface area contributed by atoms with Gasteiger partial charge in [0.05, 0.1) is 0 Å². The Hall–Kier alpha value is 2.96. The van der Waals surface area contributed by atoms with Gasteiger partial charge in [0.2, 0.25) is 0 Å². The van der Waals surface area contributed by atoms with Crippen LogP contribution < -0.4 is 0 Å². The van der Waals surface area contributed by atoms with Crippen LogP contribution in [0.15, 0.2) is 22.5 Å². The number of rotatable bonds is 11. The Labute approximate surface area is 242 Å². The third kappa shape index (κ3) is 35.0. The first-order valence-corrected chi connectivity index (χ1v) is 25.9. The quantitative estimate of drug-likeness (QED) is 0.164. The van der Waals surface area contributed by atoms with Crippen LogP contribution in [-0.4, -0.2) is 87.6 Å². The molecule has 0 fully saturated rings. The van der Waals surface area contributed by atoms with Crippen LogP contribution in [0, 0.1) is 0 Å². The molecule has 0 spiro atoms. The summed E-state index contributed by atoms with van der Waals surface area (Å²) in [7, 11) is 12.7. The van der Waals surface area contributed by atoms with Crippen molar-refractivity contribution in [3.63, 3.8) is 0 Å². The summed E-state index contributed by atoms with van der Waals surface area (Å²) in [5.74, 6) is 2.13. The first-order valence-electron chi connectivity index (χ1n) is 12.9. The van der Waals surface area contributed by atoms with Gasteiger partial charge >= 0.3 is 94.0 Å².